The zero-order chi connectivity index (χ0) is 14.9. The number of fused-ring (bicyclic) bond motifs is 1. The monoisotopic (exact) mass is 274 g/mol. The summed E-state index contributed by atoms with van der Waals surface area (Å²) in [6, 6.07) is 7.38. The van der Waals surface area contributed by atoms with Gasteiger partial charge in [0.1, 0.15) is 5.56 Å². The number of rotatable bonds is 4. The number of carboxylic acids is 1. The number of nitrogens with zero attached hydrogens (tertiary/aromatic N) is 2. The van der Waals surface area contributed by atoms with E-state index in [1.54, 1.807) is 11.9 Å². The number of carbonyl (C=O) groups is 1. The fourth-order valence-corrected chi connectivity index (χ4v) is 2.05. The number of benzene rings is 1. The molecule has 2 rings (SSSR count). The van der Waals surface area contributed by atoms with E-state index in [-0.39, 0.29) is 12.2 Å². The van der Waals surface area contributed by atoms with Gasteiger partial charge in [-0.1, -0.05) is 18.2 Å². The lowest BCUT2D eigenvalue weighted by molar-refractivity contribution is 0.0697. The summed E-state index contributed by atoms with van der Waals surface area (Å²) in [4.78, 5) is 17.4. The van der Waals surface area contributed by atoms with Gasteiger partial charge >= 0.3 is 5.97 Å². The molecule has 0 aliphatic rings. The molecule has 106 valence electrons. The molecule has 0 bridgehead atoms. The molecule has 0 atom stereocenters. The van der Waals surface area contributed by atoms with Gasteiger partial charge < -0.3 is 15.1 Å². The number of aromatic nitrogens is 1. The van der Waals surface area contributed by atoms with Crippen LogP contribution in [0.2, 0.25) is 0 Å². The van der Waals surface area contributed by atoms with Crippen LogP contribution in [0.3, 0.4) is 0 Å². The molecule has 5 nitrogen and oxygen atoms in total. The van der Waals surface area contributed by atoms with Crippen molar-refractivity contribution >= 4 is 22.6 Å². The summed E-state index contributed by atoms with van der Waals surface area (Å²) in [6.07, 6.45) is 1.37. The molecule has 2 N–H and O–H groups in total. The Balaban J connectivity index is 2.76. The van der Waals surface area contributed by atoms with Gasteiger partial charge in [-0.2, -0.15) is 0 Å². The topological polar surface area (TPSA) is 73.7 Å². The first-order chi connectivity index (χ1) is 9.38. The second-order valence-electron chi connectivity index (χ2n) is 5.37. The quantitative estimate of drug-likeness (QED) is 0.893. The molecule has 1 aromatic carbocycles. The van der Waals surface area contributed by atoms with Gasteiger partial charge in [-0.25, -0.2) is 4.79 Å². The Morgan fingerprint density at radius 2 is 2.00 bits per heavy atom. The highest BCUT2D eigenvalue weighted by Crippen LogP contribution is 2.32. The zero-order valence-corrected chi connectivity index (χ0v) is 11.8. The molecule has 5 heteroatoms. The Morgan fingerprint density at radius 3 is 2.60 bits per heavy atom. The predicted molar refractivity (Wildman–Crippen MR) is 78.3 cm³/mol. The largest absolute Gasteiger partial charge is 0.478 e. The van der Waals surface area contributed by atoms with Gasteiger partial charge in [0.2, 0.25) is 0 Å². The Morgan fingerprint density at radius 1 is 1.35 bits per heavy atom. The molecular weight excluding hydrogens is 256 g/mol. The van der Waals surface area contributed by atoms with E-state index in [1.807, 2.05) is 38.1 Å². The second-order valence-corrected chi connectivity index (χ2v) is 5.37. The minimum absolute atomic E-state index is 0.0841. The summed E-state index contributed by atoms with van der Waals surface area (Å²) < 4.78 is 0. The summed E-state index contributed by atoms with van der Waals surface area (Å²) >= 11 is 0. The van der Waals surface area contributed by atoms with Crippen molar-refractivity contribution in [3.63, 3.8) is 0 Å². The minimum atomic E-state index is -1.03. The van der Waals surface area contributed by atoms with E-state index in [4.69, 9.17) is 0 Å². The second kappa shape index (κ2) is 5.09. The lowest BCUT2D eigenvalue weighted by atomic mass is 10.0. The van der Waals surface area contributed by atoms with Crippen LogP contribution in [0.15, 0.2) is 30.5 Å². The van der Waals surface area contributed by atoms with Crippen LogP contribution in [0.4, 0.5) is 5.69 Å². The van der Waals surface area contributed by atoms with Gasteiger partial charge in [0, 0.05) is 18.6 Å². The van der Waals surface area contributed by atoms with Crippen molar-refractivity contribution in [2.75, 3.05) is 18.6 Å². The van der Waals surface area contributed by atoms with Crippen LogP contribution in [0.5, 0.6) is 0 Å². The molecule has 0 fully saturated rings. The molecule has 1 heterocycles. The van der Waals surface area contributed by atoms with Crippen molar-refractivity contribution in [3.05, 3.63) is 36.0 Å². The number of aliphatic hydroxyl groups is 1. The first-order valence-corrected chi connectivity index (χ1v) is 6.34. The third-order valence-electron chi connectivity index (χ3n) is 3.61. The SMILES string of the molecule is CN(c1c(C(=O)O)cnc2ccccc12)C(C)(C)CO. The highest BCUT2D eigenvalue weighted by Gasteiger charge is 2.28. The number of anilines is 1. The number of pyridine rings is 1. The molecule has 20 heavy (non-hydrogen) atoms. The molecule has 0 radical (unpaired) electrons. The number of hydrogen-bond donors (Lipinski definition) is 2. The van der Waals surface area contributed by atoms with Crippen LogP contribution < -0.4 is 4.90 Å². The van der Waals surface area contributed by atoms with E-state index in [0.717, 1.165) is 10.9 Å². The standard InChI is InChI=1S/C15H18N2O3/c1-15(2,9-18)17(3)13-10-6-4-5-7-12(10)16-8-11(13)14(19)20/h4-8,18H,9H2,1-3H3,(H,19,20). The first-order valence-electron chi connectivity index (χ1n) is 6.34. The Hall–Kier alpha value is -2.14. The summed E-state index contributed by atoms with van der Waals surface area (Å²) in [5.74, 6) is -1.03. The van der Waals surface area contributed by atoms with Gasteiger partial charge in [0.25, 0.3) is 0 Å². The van der Waals surface area contributed by atoms with Crippen molar-refractivity contribution in [2.24, 2.45) is 0 Å². The van der Waals surface area contributed by atoms with Crippen molar-refractivity contribution in [2.45, 2.75) is 19.4 Å². The Kier molecular flexibility index (Phi) is 3.63. The van der Waals surface area contributed by atoms with Crippen molar-refractivity contribution in [1.29, 1.82) is 0 Å². The van der Waals surface area contributed by atoms with E-state index in [2.05, 4.69) is 4.98 Å². The summed E-state index contributed by atoms with van der Waals surface area (Å²) in [5.41, 5.74) is 0.858. The third kappa shape index (κ3) is 2.32. The van der Waals surface area contributed by atoms with Gasteiger partial charge in [0.05, 0.1) is 23.3 Å². The number of aliphatic hydroxyl groups excluding tert-OH is 1. The average molecular weight is 274 g/mol. The lowest BCUT2D eigenvalue weighted by Gasteiger charge is -2.37. The average Bonchev–Trinajstić information content (AvgIpc) is 2.45. The van der Waals surface area contributed by atoms with E-state index in [9.17, 15) is 15.0 Å². The summed E-state index contributed by atoms with van der Waals surface area (Å²) in [6.45, 7) is 3.63. The Labute approximate surface area is 117 Å². The Bertz CT molecular complexity index is 653. The summed E-state index contributed by atoms with van der Waals surface area (Å²) in [5, 5.41) is 19.7. The number of likely N-dealkylation sites (N-methyl/N-ethyl adjacent to an activating group) is 1. The van der Waals surface area contributed by atoms with Crippen molar-refractivity contribution < 1.29 is 15.0 Å². The molecule has 0 aliphatic carbocycles. The van der Waals surface area contributed by atoms with Crippen LogP contribution in [-0.2, 0) is 0 Å². The van der Waals surface area contributed by atoms with Crippen LogP contribution in [0.25, 0.3) is 10.9 Å². The maximum absolute atomic E-state index is 11.5. The highest BCUT2D eigenvalue weighted by molar-refractivity contribution is 6.04. The fraction of sp³-hybridized carbons (Fsp3) is 0.333. The predicted octanol–water partition coefficient (Wildman–Crippen LogP) is 2.14. The van der Waals surface area contributed by atoms with E-state index in [0.29, 0.717) is 5.69 Å². The van der Waals surface area contributed by atoms with Crippen molar-refractivity contribution in [3.8, 4) is 0 Å². The molecular formula is C15H18N2O3. The maximum atomic E-state index is 11.5. The normalized spacial score (nSPS) is 11.6. The molecule has 2 aromatic rings. The van der Waals surface area contributed by atoms with Crippen molar-refractivity contribution in [1.82, 2.24) is 4.98 Å². The van der Waals surface area contributed by atoms with Gasteiger partial charge in [-0.3, -0.25) is 4.98 Å². The molecule has 0 amide bonds. The van der Waals surface area contributed by atoms with Crippen LogP contribution in [0.1, 0.15) is 24.2 Å². The highest BCUT2D eigenvalue weighted by atomic mass is 16.4. The first kappa shape index (κ1) is 14.3. The van der Waals surface area contributed by atoms with Gasteiger partial charge in [-0.05, 0) is 19.9 Å². The number of carboxylic acid groups (broad SMARTS) is 1. The molecule has 1 aromatic heterocycles. The third-order valence-corrected chi connectivity index (χ3v) is 3.61. The van der Waals surface area contributed by atoms with E-state index in [1.165, 1.54) is 6.20 Å². The van der Waals surface area contributed by atoms with Gasteiger partial charge in [0.15, 0.2) is 0 Å². The van der Waals surface area contributed by atoms with Gasteiger partial charge in [-0.15, -0.1) is 0 Å². The zero-order valence-electron chi connectivity index (χ0n) is 11.8. The molecule has 0 unspecified atom stereocenters. The van der Waals surface area contributed by atoms with Crippen LogP contribution in [-0.4, -0.2) is 40.4 Å². The fourth-order valence-electron chi connectivity index (χ4n) is 2.05. The molecule has 0 saturated heterocycles. The number of aromatic carboxylic acids is 1. The van der Waals surface area contributed by atoms with Crippen LogP contribution >= 0.6 is 0 Å². The summed E-state index contributed by atoms with van der Waals surface area (Å²) in [7, 11) is 1.78. The molecule has 0 saturated carbocycles. The lowest BCUT2D eigenvalue weighted by Crippen LogP contribution is -2.45. The smallest absolute Gasteiger partial charge is 0.339 e. The molecule has 0 aliphatic heterocycles. The van der Waals surface area contributed by atoms with E-state index >= 15 is 0 Å². The number of hydrogen-bond acceptors (Lipinski definition) is 4. The maximum Gasteiger partial charge on any atom is 0.339 e. The van der Waals surface area contributed by atoms with Crippen LogP contribution in [0, 0.1) is 0 Å². The minimum Gasteiger partial charge on any atom is -0.478 e. The molecule has 0 spiro atoms. The number of para-hydroxylation sites is 1. The van der Waals surface area contributed by atoms with E-state index < -0.39 is 11.5 Å².